The summed E-state index contributed by atoms with van der Waals surface area (Å²) in [5.74, 6) is -0.345. The molecular weight excluding hydrogens is 394 g/mol. The molecule has 0 atom stereocenters. The van der Waals surface area contributed by atoms with Crippen molar-refractivity contribution in [2.75, 3.05) is 0 Å². The van der Waals surface area contributed by atoms with Gasteiger partial charge in [-0.2, -0.15) is 15.1 Å². The van der Waals surface area contributed by atoms with Crippen LogP contribution in [0.25, 0.3) is 22.5 Å². The molecule has 148 valence electrons. The number of rotatable bonds is 2. The number of hydrazone groups is 1. The number of aryl methyl sites for hydroxylation is 1. The fourth-order valence-corrected chi connectivity index (χ4v) is 4.68. The van der Waals surface area contributed by atoms with Gasteiger partial charge in [-0.3, -0.25) is 10.2 Å². The summed E-state index contributed by atoms with van der Waals surface area (Å²) in [5.41, 5.74) is 4.28. The molecule has 7 heteroatoms. The van der Waals surface area contributed by atoms with E-state index in [1.54, 1.807) is 6.08 Å². The molecular formula is C23H19N5OS. The number of aliphatic imine (C=N–C) groups is 1. The maximum Gasteiger partial charge on any atom is 0.283 e. The van der Waals surface area contributed by atoms with Crippen LogP contribution in [0.5, 0.6) is 0 Å². The average molecular weight is 414 g/mol. The Morgan fingerprint density at radius 1 is 1.07 bits per heavy atom. The van der Waals surface area contributed by atoms with Gasteiger partial charge in [0, 0.05) is 16.8 Å². The average Bonchev–Trinajstić information content (AvgIpc) is 3.23. The van der Waals surface area contributed by atoms with Crippen molar-refractivity contribution in [3.05, 3.63) is 71.1 Å². The van der Waals surface area contributed by atoms with Gasteiger partial charge in [-0.1, -0.05) is 36.4 Å². The Bertz CT molecular complexity index is 1340. The summed E-state index contributed by atoms with van der Waals surface area (Å²) in [5, 5.41) is 17.8. The third-order valence-corrected chi connectivity index (χ3v) is 6.16. The second kappa shape index (κ2) is 6.81. The molecule has 2 aliphatic rings. The zero-order chi connectivity index (χ0) is 21.0. The third-order valence-electron chi connectivity index (χ3n) is 5.33. The minimum absolute atomic E-state index is 0.0595. The van der Waals surface area contributed by atoms with Crippen LogP contribution in [0.3, 0.4) is 0 Å². The molecule has 5 rings (SSSR count). The number of benzene rings is 2. The number of aromatic nitrogens is 1. The van der Waals surface area contributed by atoms with Gasteiger partial charge in [0.1, 0.15) is 0 Å². The Hall–Kier alpha value is -3.45. The Morgan fingerprint density at radius 3 is 2.67 bits per heavy atom. The summed E-state index contributed by atoms with van der Waals surface area (Å²) in [6, 6.07) is 16.6. The van der Waals surface area contributed by atoms with Crippen LogP contribution < -0.4 is 0 Å². The molecule has 0 aliphatic carbocycles. The molecule has 1 aromatic heterocycles. The fourth-order valence-electron chi connectivity index (χ4n) is 3.95. The van der Waals surface area contributed by atoms with Gasteiger partial charge >= 0.3 is 0 Å². The molecule has 0 bridgehead atoms. The number of amidine groups is 2. The second-order valence-electron chi connectivity index (χ2n) is 7.30. The van der Waals surface area contributed by atoms with Gasteiger partial charge in [-0.05, 0) is 61.7 Å². The lowest BCUT2D eigenvalue weighted by molar-refractivity contribution is -0.114. The molecule has 0 saturated heterocycles. The van der Waals surface area contributed by atoms with E-state index < -0.39 is 5.91 Å². The minimum Gasteiger partial charge on any atom is -0.317 e. The zero-order valence-electron chi connectivity index (χ0n) is 16.8. The second-order valence-corrected chi connectivity index (χ2v) is 8.46. The molecule has 0 unspecified atom stereocenters. The number of hydrogen-bond acceptors (Lipinski definition) is 4. The highest BCUT2D eigenvalue weighted by Gasteiger charge is 2.34. The van der Waals surface area contributed by atoms with Crippen LogP contribution in [-0.4, -0.2) is 31.5 Å². The third kappa shape index (κ3) is 2.81. The van der Waals surface area contributed by atoms with E-state index in [0.717, 1.165) is 33.1 Å². The van der Waals surface area contributed by atoms with E-state index >= 15 is 0 Å². The molecule has 1 amide bonds. The highest BCUT2D eigenvalue weighted by Crippen LogP contribution is 2.31. The Morgan fingerprint density at radius 2 is 1.83 bits per heavy atom. The normalized spacial score (nSPS) is 17.6. The van der Waals surface area contributed by atoms with Crippen molar-refractivity contribution >= 4 is 50.6 Å². The van der Waals surface area contributed by atoms with Gasteiger partial charge in [-0.15, -0.1) is 0 Å². The van der Waals surface area contributed by atoms with Crippen molar-refractivity contribution in [1.82, 2.24) is 9.58 Å². The number of thioether (sulfide) groups is 1. The Kier molecular flexibility index (Phi) is 4.22. The summed E-state index contributed by atoms with van der Waals surface area (Å²) >= 11 is 1.31. The van der Waals surface area contributed by atoms with E-state index in [4.69, 9.17) is 5.41 Å². The van der Waals surface area contributed by atoms with E-state index in [9.17, 15) is 4.79 Å². The van der Waals surface area contributed by atoms with E-state index in [-0.39, 0.29) is 11.4 Å². The lowest BCUT2D eigenvalue weighted by atomic mass is 10.1. The van der Waals surface area contributed by atoms with Crippen molar-refractivity contribution < 1.29 is 4.79 Å². The molecule has 3 heterocycles. The SMILES string of the molecule is CC1=NN2C(=N)/C(=C\c3cc(C)n(-c4cccc5ccccc45)c3C)C(=O)N=C2S1. The lowest BCUT2D eigenvalue weighted by Crippen LogP contribution is -2.35. The highest BCUT2D eigenvalue weighted by molar-refractivity contribution is 8.26. The van der Waals surface area contributed by atoms with E-state index in [1.165, 1.54) is 22.2 Å². The quantitative estimate of drug-likeness (QED) is 0.608. The fraction of sp³-hybridized carbons (Fsp3) is 0.130. The van der Waals surface area contributed by atoms with Gasteiger partial charge < -0.3 is 4.57 Å². The highest BCUT2D eigenvalue weighted by atomic mass is 32.2. The number of carbonyl (C=O) groups is 1. The summed E-state index contributed by atoms with van der Waals surface area (Å²) in [6.45, 7) is 5.91. The predicted molar refractivity (Wildman–Crippen MR) is 123 cm³/mol. The van der Waals surface area contributed by atoms with Crippen LogP contribution in [0.15, 0.2) is 64.2 Å². The molecule has 0 fully saturated rings. The largest absolute Gasteiger partial charge is 0.317 e. The summed E-state index contributed by atoms with van der Waals surface area (Å²) < 4.78 is 2.19. The molecule has 0 spiro atoms. The Balaban J connectivity index is 1.63. The zero-order valence-corrected chi connectivity index (χ0v) is 17.6. The monoisotopic (exact) mass is 413 g/mol. The number of carbonyl (C=O) groups excluding carboxylic acids is 1. The van der Waals surface area contributed by atoms with Crippen molar-refractivity contribution in [1.29, 1.82) is 5.41 Å². The summed E-state index contributed by atoms with van der Waals surface area (Å²) in [4.78, 5) is 16.7. The number of nitrogens with one attached hydrogen (secondary N) is 1. The van der Waals surface area contributed by atoms with Crippen molar-refractivity contribution in [2.45, 2.75) is 20.8 Å². The minimum atomic E-state index is -0.404. The summed E-state index contributed by atoms with van der Waals surface area (Å²) in [7, 11) is 0. The van der Waals surface area contributed by atoms with Gasteiger partial charge in [0.25, 0.3) is 5.91 Å². The van der Waals surface area contributed by atoms with E-state index in [1.807, 2.05) is 39.0 Å². The van der Waals surface area contributed by atoms with Crippen LogP contribution in [0.1, 0.15) is 23.9 Å². The first-order valence-corrected chi connectivity index (χ1v) is 10.4. The van der Waals surface area contributed by atoms with Crippen LogP contribution in [0, 0.1) is 19.3 Å². The first kappa shape index (κ1) is 18.6. The molecule has 0 saturated carbocycles. The molecule has 2 aromatic carbocycles. The number of hydrogen-bond donors (Lipinski definition) is 1. The lowest BCUT2D eigenvalue weighted by Gasteiger charge is -2.20. The van der Waals surface area contributed by atoms with Crippen LogP contribution in [0.2, 0.25) is 0 Å². The van der Waals surface area contributed by atoms with Crippen LogP contribution >= 0.6 is 11.8 Å². The topological polar surface area (TPSA) is 73.8 Å². The summed E-state index contributed by atoms with van der Waals surface area (Å²) in [6.07, 6.45) is 1.75. The van der Waals surface area contributed by atoms with Crippen molar-refractivity contribution in [3.8, 4) is 5.69 Å². The number of amides is 1. The standard InChI is InChI=1S/C23H19N5OS/c1-13-11-17(12-19-21(24)28-23(25-22(19)29)30-15(3)26-28)14(2)27(13)20-10-6-8-16-7-4-5-9-18(16)20/h4-12,24H,1-3H3/b19-12+,24-21?. The van der Waals surface area contributed by atoms with Crippen LogP contribution in [0.4, 0.5) is 0 Å². The molecule has 2 aliphatic heterocycles. The van der Waals surface area contributed by atoms with E-state index in [0.29, 0.717) is 5.17 Å². The first-order chi connectivity index (χ1) is 14.4. The molecule has 1 N–H and O–H groups in total. The van der Waals surface area contributed by atoms with E-state index in [2.05, 4.69) is 45.0 Å². The van der Waals surface area contributed by atoms with Gasteiger partial charge in [0.2, 0.25) is 5.17 Å². The number of fused-ring (bicyclic) bond motifs is 2. The molecule has 0 radical (unpaired) electrons. The molecule has 30 heavy (non-hydrogen) atoms. The van der Waals surface area contributed by atoms with Gasteiger partial charge in [0.15, 0.2) is 5.84 Å². The van der Waals surface area contributed by atoms with Gasteiger partial charge in [0.05, 0.1) is 16.3 Å². The van der Waals surface area contributed by atoms with Crippen molar-refractivity contribution in [2.24, 2.45) is 10.1 Å². The maximum atomic E-state index is 12.6. The maximum absolute atomic E-state index is 12.6. The van der Waals surface area contributed by atoms with Gasteiger partial charge in [-0.25, -0.2) is 0 Å². The first-order valence-electron chi connectivity index (χ1n) is 9.58. The number of nitrogens with zero attached hydrogens (tertiary/aromatic N) is 4. The predicted octanol–water partition coefficient (Wildman–Crippen LogP) is 4.89. The molecule has 6 nitrogen and oxygen atoms in total. The smallest absolute Gasteiger partial charge is 0.283 e. The Labute approximate surface area is 178 Å². The molecule has 3 aromatic rings. The van der Waals surface area contributed by atoms with Crippen LogP contribution in [-0.2, 0) is 4.79 Å². The van der Waals surface area contributed by atoms with Crippen molar-refractivity contribution in [3.63, 3.8) is 0 Å².